The Morgan fingerprint density at radius 3 is 2.23 bits per heavy atom. The van der Waals surface area contributed by atoms with Crippen molar-refractivity contribution in [3.8, 4) is 0 Å². The van der Waals surface area contributed by atoms with Crippen LogP contribution in [-0.4, -0.2) is 58.3 Å². The number of hydrogen-bond donors (Lipinski definition) is 5. The zero-order valence-electron chi connectivity index (χ0n) is 7.18. The van der Waals surface area contributed by atoms with Crippen LogP contribution in [0.25, 0.3) is 0 Å². The van der Waals surface area contributed by atoms with Crippen molar-refractivity contribution in [3.05, 3.63) is 0 Å². The number of aliphatic hydroxyl groups excluding tert-OH is 3. The summed E-state index contributed by atoms with van der Waals surface area (Å²) in [6, 6.07) is 0. The van der Waals surface area contributed by atoms with E-state index in [4.69, 9.17) is 20.4 Å². The summed E-state index contributed by atoms with van der Waals surface area (Å²) in [5.41, 5.74) is 0. The van der Waals surface area contributed by atoms with Gasteiger partial charge in [-0.3, -0.25) is 4.79 Å². The highest BCUT2D eigenvalue weighted by molar-refractivity contribution is 5.67. The average Bonchev–Trinajstić information content (AvgIpc) is 2.02. The summed E-state index contributed by atoms with van der Waals surface area (Å²) >= 11 is 0. The first-order chi connectivity index (χ1) is 6.06. The van der Waals surface area contributed by atoms with E-state index < -0.39 is 18.2 Å². The lowest BCUT2D eigenvalue weighted by Crippen LogP contribution is -2.35. The fourth-order valence-electron chi connectivity index (χ4n) is 0.755. The molecule has 2 atom stereocenters. The quantitative estimate of drug-likeness (QED) is 0.313. The number of aliphatic carboxylic acids is 1. The minimum absolute atomic E-state index is 0.0867. The number of aliphatic hydroxyl groups is 3. The van der Waals surface area contributed by atoms with E-state index in [1.54, 1.807) is 0 Å². The van der Waals surface area contributed by atoms with Crippen molar-refractivity contribution in [2.45, 2.75) is 18.6 Å². The Kier molecular flexibility index (Phi) is 6.43. The van der Waals surface area contributed by atoms with E-state index in [9.17, 15) is 4.79 Å². The predicted octanol–water partition coefficient (Wildman–Crippen LogP) is -2.24. The summed E-state index contributed by atoms with van der Waals surface area (Å²) < 4.78 is 0. The maximum atomic E-state index is 10.1. The Balaban J connectivity index is 3.36. The Labute approximate surface area is 75.8 Å². The third kappa shape index (κ3) is 7.66. The zero-order chi connectivity index (χ0) is 10.3. The van der Waals surface area contributed by atoms with Gasteiger partial charge in [-0.25, -0.2) is 0 Å². The van der Waals surface area contributed by atoms with E-state index in [0.717, 1.165) is 0 Å². The van der Waals surface area contributed by atoms with Gasteiger partial charge < -0.3 is 25.7 Å². The molecule has 13 heavy (non-hydrogen) atoms. The molecule has 0 aromatic carbocycles. The van der Waals surface area contributed by atoms with Crippen LogP contribution in [0.15, 0.2) is 0 Å². The van der Waals surface area contributed by atoms with Crippen molar-refractivity contribution in [1.29, 1.82) is 0 Å². The van der Waals surface area contributed by atoms with E-state index >= 15 is 0 Å². The monoisotopic (exact) mass is 193 g/mol. The van der Waals surface area contributed by atoms with Gasteiger partial charge in [-0.1, -0.05) is 0 Å². The zero-order valence-corrected chi connectivity index (χ0v) is 7.18. The molecule has 0 aliphatic carbocycles. The highest BCUT2D eigenvalue weighted by Gasteiger charge is 2.09. The Morgan fingerprint density at radius 2 is 1.77 bits per heavy atom. The van der Waals surface area contributed by atoms with Crippen LogP contribution >= 0.6 is 0 Å². The molecule has 0 aromatic rings. The summed E-state index contributed by atoms with van der Waals surface area (Å²) in [4.78, 5) is 10.1. The van der Waals surface area contributed by atoms with Crippen molar-refractivity contribution in [2.24, 2.45) is 0 Å². The minimum atomic E-state index is -1.07. The SMILES string of the molecule is O=C(O)CC(O)CNCC(O)CO. The van der Waals surface area contributed by atoms with E-state index in [1.807, 2.05) is 0 Å². The van der Waals surface area contributed by atoms with Gasteiger partial charge in [0.25, 0.3) is 0 Å². The average molecular weight is 193 g/mol. The van der Waals surface area contributed by atoms with Crippen LogP contribution in [0.4, 0.5) is 0 Å². The lowest BCUT2D eigenvalue weighted by Gasteiger charge is -2.11. The second kappa shape index (κ2) is 6.79. The summed E-state index contributed by atoms with van der Waals surface area (Å²) in [5, 5.41) is 37.1. The van der Waals surface area contributed by atoms with Crippen molar-refractivity contribution in [3.63, 3.8) is 0 Å². The largest absolute Gasteiger partial charge is 0.481 e. The van der Waals surface area contributed by atoms with Gasteiger partial charge in [0.2, 0.25) is 0 Å². The lowest BCUT2D eigenvalue weighted by molar-refractivity contribution is -0.139. The van der Waals surface area contributed by atoms with Crippen LogP contribution in [0.1, 0.15) is 6.42 Å². The van der Waals surface area contributed by atoms with Gasteiger partial charge in [0.05, 0.1) is 25.2 Å². The number of carbonyl (C=O) groups is 1. The fourth-order valence-corrected chi connectivity index (χ4v) is 0.755. The molecule has 0 bridgehead atoms. The minimum Gasteiger partial charge on any atom is -0.481 e. The standard InChI is InChI=1S/C7H15NO5/c9-4-6(11)3-8-2-5(10)1-7(12)13/h5-6,8-11H,1-4H2,(H,12,13). The summed E-state index contributed by atoms with van der Waals surface area (Å²) in [7, 11) is 0. The van der Waals surface area contributed by atoms with Crippen LogP contribution in [0, 0.1) is 0 Å². The molecule has 0 saturated carbocycles. The number of rotatable bonds is 7. The molecular formula is C7H15NO5. The van der Waals surface area contributed by atoms with Crippen LogP contribution in [0.3, 0.4) is 0 Å². The van der Waals surface area contributed by atoms with E-state index in [-0.39, 0.29) is 26.1 Å². The first-order valence-corrected chi connectivity index (χ1v) is 3.95. The number of hydrogen-bond acceptors (Lipinski definition) is 5. The fraction of sp³-hybridized carbons (Fsp3) is 0.857. The maximum absolute atomic E-state index is 10.1. The normalized spacial score (nSPS) is 15.3. The van der Waals surface area contributed by atoms with E-state index in [0.29, 0.717) is 0 Å². The molecule has 0 aliphatic heterocycles. The molecule has 0 saturated heterocycles. The van der Waals surface area contributed by atoms with Crippen molar-refractivity contribution < 1.29 is 25.2 Å². The van der Waals surface area contributed by atoms with Gasteiger partial charge in [-0.2, -0.15) is 0 Å². The molecule has 0 amide bonds. The number of carboxylic acid groups (broad SMARTS) is 1. The molecular weight excluding hydrogens is 178 g/mol. The van der Waals surface area contributed by atoms with Gasteiger partial charge in [0.15, 0.2) is 0 Å². The maximum Gasteiger partial charge on any atom is 0.306 e. The van der Waals surface area contributed by atoms with E-state index in [2.05, 4.69) is 5.32 Å². The molecule has 6 nitrogen and oxygen atoms in total. The smallest absolute Gasteiger partial charge is 0.306 e. The van der Waals surface area contributed by atoms with Crippen molar-refractivity contribution in [1.82, 2.24) is 5.32 Å². The van der Waals surface area contributed by atoms with Crippen molar-refractivity contribution in [2.75, 3.05) is 19.7 Å². The van der Waals surface area contributed by atoms with Gasteiger partial charge >= 0.3 is 5.97 Å². The lowest BCUT2D eigenvalue weighted by atomic mass is 10.2. The third-order valence-electron chi connectivity index (χ3n) is 1.38. The summed E-state index contributed by atoms with van der Waals surface area (Å²) in [5.74, 6) is -1.07. The molecule has 2 unspecified atom stereocenters. The van der Waals surface area contributed by atoms with Crippen LogP contribution in [0.2, 0.25) is 0 Å². The van der Waals surface area contributed by atoms with Crippen molar-refractivity contribution >= 4 is 5.97 Å². The Bertz CT molecular complexity index is 152. The molecule has 0 radical (unpaired) electrons. The van der Waals surface area contributed by atoms with Crippen LogP contribution in [0.5, 0.6) is 0 Å². The number of carboxylic acids is 1. The Morgan fingerprint density at radius 1 is 1.23 bits per heavy atom. The van der Waals surface area contributed by atoms with Gasteiger partial charge in [-0.15, -0.1) is 0 Å². The summed E-state index contributed by atoms with van der Waals surface area (Å²) in [6.07, 6.45) is -2.18. The molecule has 0 aliphatic rings. The molecule has 0 spiro atoms. The van der Waals surface area contributed by atoms with Gasteiger partial charge in [0, 0.05) is 13.1 Å². The van der Waals surface area contributed by atoms with Crippen LogP contribution in [-0.2, 0) is 4.79 Å². The molecule has 0 rings (SSSR count). The topological polar surface area (TPSA) is 110 Å². The van der Waals surface area contributed by atoms with Crippen LogP contribution < -0.4 is 5.32 Å². The predicted molar refractivity (Wildman–Crippen MR) is 44.2 cm³/mol. The van der Waals surface area contributed by atoms with Gasteiger partial charge in [0.1, 0.15) is 0 Å². The molecule has 0 heterocycles. The highest BCUT2D eigenvalue weighted by Crippen LogP contribution is 1.89. The third-order valence-corrected chi connectivity index (χ3v) is 1.38. The molecule has 5 N–H and O–H groups in total. The first-order valence-electron chi connectivity index (χ1n) is 3.95. The van der Waals surface area contributed by atoms with Gasteiger partial charge in [-0.05, 0) is 0 Å². The molecule has 78 valence electrons. The second-order valence-corrected chi connectivity index (χ2v) is 2.75. The second-order valence-electron chi connectivity index (χ2n) is 2.75. The van der Waals surface area contributed by atoms with E-state index in [1.165, 1.54) is 0 Å². The molecule has 6 heteroatoms. The molecule has 0 fully saturated rings. The Hall–Kier alpha value is -0.690. The highest BCUT2D eigenvalue weighted by atomic mass is 16.4. The molecule has 0 aromatic heterocycles. The summed E-state index contributed by atoms with van der Waals surface area (Å²) in [6.45, 7) is -0.140. The number of nitrogens with one attached hydrogen (secondary N) is 1. The first kappa shape index (κ1) is 12.3.